The zero-order chi connectivity index (χ0) is 15.6. The molecule has 1 heteroatoms. The highest BCUT2D eigenvalue weighted by atomic mass is 15.0. The van der Waals surface area contributed by atoms with Gasteiger partial charge in [-0.1, -0.05) is 72.8 Å². The third-order valence-corrected chi connectivity index (χ3v) is 4.35. The topological polar surface area (TPSA) is 12.0 Å². The number of hydrogen-bond donors (Lipinski definition) is 1. The standard InChI is InChI=1S/C21H25N/c1-20(2,3)22-19-14-15-21(16-19,17-10-6-4-7-11-17)18-12-8-5-9-13-18/h4-15,19,22H,16H2,1-3H3. The minimum absolute atomic E-state index is 0.0224. The number of nitrogens with one attached hydrogen (secondary N) is 1. The van der Waals surface area contributed by atoms with Gasteiger partial charge in [-0.3, -0.25) is 0 Å². The van der Waals surface area contributed by atoms with E-state index in [1.54, 1.807) is 0 Å². The average molecular weight is 291 g/mol. The quantitative estimate of drug-likeness (QED) is 0.809. The first-order valence-corrected chi connectivity index (χ1v) is 8.08. The molecule has 1 nitrogen and oxygen atoms in total. The van der Waals surface area contributed by atoms with Gasteiger partial charge >= 0.3 is 0 Å². The fourth-order valence-electron chi connectivity index (χ4n) is 3.48. The molecule has 0 radical (unpaired) electrons. The molecule has 0 fully saturated rings. The lowest BCUT2D eigenvalue weighted by molar-refractivity contribution is 0.371. The molecule has 0 spiro atoms. The molecule has 3 rings (SSSR count). The molecule has 1 aliphatic carbocycles. The minimum Gasteiger partial charge on any atom is -0.306 e. The van der Waals surface area contributed by atoms with Crippen molar-refractivity contribution in [2.24, 2.45) is 0 Å². The van der Waals surface area contributed by atoms with E-state index < -0.39 is 0 Å². The Bertz CT molecular complexity index is 595. The van der Waals surface area contributed by atoms with E-state index in [1.165, 1.54) is 11.1 Å². The molecule has 22 heavy (non-hydrogen) atoms. The van der Waals surface area contributed by atoms with Crippen molar-refractivity contribution < 1.29 is 0 Å². The van der Waals surface area contributed by atoms with E-state index in [0.717, 1.165) is 6.42 Å². The number of allylic oxidation sites excluding steroid dienone is 1. The summed E-state index contributed by atoms with van der Waals surface area (Å²) < 4.78 is 0. The van der Waals surface area contributed by atoms with Gasteiger partial charge in [-0.25, -0.2) is 0 Å². The van der Waals surface area contributed by atoms with Gasteiger partial charge < -0.3 is 5.32 Å². The van der Waals surface area contributed by atoms with E-state index in [9.17, 15) is 0 Å². The Morgan fingerprint density at radius 2 is 1.36 bits per heavy atom. The van der Waals surface area contributed by atoms with Gasteiger partial charge in [0, 0.05) is 17.0 Å². The zero-order valence-corrected chi connectivity index (χ0v) is 13.7. The van der Waals surface area contributed by atoms with Crippen LogP contribution in [0.2, 0.25) is 0 Å². The summed E-state index contributed by atoms with van der Waals surface area (Å²) in [6.07, 6.45) is 5.80. The van der Waals surface area contributed by atoms with Crippen LogP contribution in [0.3, 0.4) is 0 Å². The molecule has 0 aliphatic heterocycles. The van der Waals surface area contributed by atoms with Gasteiger partial charge in [0.2, 0.25) is 0 Å². The largest absolute Gasteiger partial charge is 0.306 e. The zero-order valence-electron chi connectivity index (χ0n) is 13.7. The van der Waals surface area contributed by atoms with Crippen molar-refractivity contribution in [1.82, 2.24) is 5.32 Å². The second-order valence-corrected chi connectivity index (χ2v) is 7.27. The second-order valence-electron chi connectivity index (χ2n) is 7.27. The summed E-state index contributed by atoms with van der Waals surface area (Å²) in [7, 11) is 0. The Labute approximate surface area is 134 Å². The molecule has 2 aromatic carbocycles. The van der Waals surface area contributed by atoms with Crippen molar-refractivity contribution in [2.45, 2.75) is 44.2 Å². The van der Waals surface area contributed by atoms with Crippen LogP contribution in [0.5, 0.6) is 0 Å². The maximum Gasteiger partial charge on any atom is 0.0400 e. The van der Waals surface area contributed by atoms with Crippen LogP contribution in [0.15, 0.2) is 72.8 Å². The summed E-state index contributed by atoms with van der Waals surface area (Å²) in [5.41, 5.74) is 2.84. The summed E-state index contributed by atoms with van der Waals surface area (Å²) in [6.45, 7) is 6.68. The van der Waals surface area contributed by atoms with Crippen LogP contribution in [0, 0.1) is 0 Å². The normalized spacial score (nSPS) is 20.2. The smallest absolute Gasteiger partial charge is 0.0400 e. The molecule has 2 aromatic rings. The van der Waals surface area contributed by atoms with Gasteiger partial charge in [0.05, 0.1) is 0 Å². The fraction of sp³-hybridized carbons (Fsp3) is 0.333. The number of rotatable bonds is 3. The van der Waals surface area contributed by atoms with Crippen LogP contribution in [-0.4, -0.2) is 11.6 Å². The van der Waals surface area contributed by atoms with Gasteiger partial charge in [-0.2, -0.15) is 0 Å². The first-order valence-electron chi connectivity index (χ1n) is 8.08. The van der Waals surface area contributed by atoms with Crippen molar-refractivity contribution in [3.8, 4) is 0 Å². The minimum atomic E-state index is -0.0224. The van der Waals surface area contributed by atoms with Gasteiger partial charge in [-0.05, 0) is 38.3 Å². The highest BCUT2D eigenvalue weighted by molar-refractivity contribution is 5.47. The van der Waals surface area contributed by atoms with Crippen LogP contribution in [0.4, 0.5) is 0 Å². The molecule has 1 aliphatic rings. The molecule has 0 bridgehead atoms. The molecule has 0 heterocycles. The monoisotopic (exact) mass is 291 g/mol. The van der Waals surface area contributed by atoms with E-state index in [4.69, 9.17) is 0 Å². The third kappa shape index (κ3) is 3.00. The van der Waals surface area contributed by atoms with Gasteiger partial charge in [0.25, 0.3) is 0 Å². The maximum absolute atomic E-state index is 3.73. The van der Waals surface area contributed by atoms with E-state index in [-0.39, 0.29) is 11.0 Å². The molecule has 114 valence electrons. The van der Waals surface area contributed by atoms with Crippen molar-refractivity contribution in [3.05, 3.63) is 83.9 Å². The predicted octanol–water partition coefficient (Wildman–Crippen LogP) is 4.69. The molecule has 0 aromatic heterocycles. The van der Waals surface area contributed by atoms with E-state index in [1.807, 2.05) is 0 Å². The summed E-state index contributed by atoms with van der Waals surface area (Å²) in [6, 6.07) is 22.1. The van der Waals surface area contributed by atoms with Crippen LogP contribution in [0.1, 0.15) is 38.3 Å². The Balaban J connectivity index is 1.99. The van der Waals surface area contributed by atoms with E-state index in [0.29, 0.717) is 6.04 Å². The molecule has 0 saturated heterocycles. The lowest BCUT2D eigenvalue weighted by Crippen LogP contribution is -2.43. The number of hydrogen-bond acceptors (Lipinski definition) is 1. The highest BCUT2D eigenvalue weighted by Crippen LogP contribution is 2.42. The molecule has 1 unspecified atom stereocenters. The number of benzene rings is 2. The fourth-order valence-corrected chi connectivity index (χ4v) is 3.48. The lowest BCUT2D eigenvalue weighted by Gasteiger charge is -2.32. The van der Waals surface area contributed by atoms with Crippen molar-refractivity contribution in [2.75, 3.05) is 0 Å². The molecular formula is C21H25N. The third-order valence-electron chi connectivity index (χ3n) is 4.35. The van der Waals surface area contributed by atoms with Crippen molar-refractivity contribution in [1.29, 1.82) is 0 Å². The predicted molar refractivity (Wildman–Crippen MR) is 94.1 cm³/mol. The Morgan fingerprint density at radius 1 is 0.864 bits per heavy atom. The first kappa shape index (κ1) is 15.1. The van der Waals surface area contributed by atoms with Gasteiger partial charge in [-0.15, -0.1) is 0 Å². The van der Waals surface area contributed by atoms with E-state index >= 15 is 0 Å². The maximum atomic E-state index is 3.73. The summed E-state index contributed by atoms with van der Waals surface area (Å²) >= 11 is 0. The van der Waals surface area contributed by atoms with Gasteiger partial charge in [0.15, 0.2) is 0 Å². The summed E-state index contributed by atoms with van der Waals surface area (Å²) in [4.78, 5) is 0. The van der Waals surface area contributed by atoms with Crippen LogP contribution >= 0.6 is 0 Å². The van der Waals surface area contributed by atoms with Crippen molar-refractivity contribution in [3.63, 3.8) is 0 Å². The first-order chi connectivity index (χ1) is 10.5. The summed E-state index contributed by atoms with van der Waals surface area (Å²) in [5, 5.41) is 3.73. The van der Waals surface area contributed by atoms with Crippen molar-refractivity contribution >= 4 is 0 Å². The Kier molecular flexibility index (Phi) is 3.92. The van der Waals surface area contributed by atoms with E-state index in [2.05, 4.69) is 98.9 Å². The lowest BCUT2D eigenvalue weighted by atomic mass is 9.73. The molecular weight excluding hydrogens is 266 g/mol. The molecule has 0 amide bonds. The molecule has 1 atom stereocenters. The Hall–Kier alpha value is -1.86. The van der Waals surface area contributed by atoms with Crippen LogP contribution in [-0.2, 0) is 5.41 Å². The molecule has 0 saturated carbocycles. The van der Waals surface area contributed by atoms with Crippen LogP contribution < -0.4 is 5.32 Å². The Morgan fingerprint density at radius 3 is 1.82 bits per heavy atom. The summed E-state index contributed by atoms with van der Waals surface area (Å²) in [5.74, 6) is 0. The average Bonchev–Trinajstić information content (AvgIpc) is 2.92. The molecule has 1 N–H and O–H groups in total. The van der Waals surface area contributed by atoms with Gasteiger partial charge in [0.1, 0.15) is 0 Å². The second kappa shape index (κ2) is 5.73. The SMILES string of the molecule is CC(C)(C)NC1C=CC(c2ccccc2)(c2ccccc2)C1. The van der Waals surface area contributed by atoms with Crippen LogP contribution in [0.25, 0.3) is 0 Å². The highest BCUT2D eigenvalue weighted by Gasteiger charge is 2.38.